The fraction of sp³-hybridized carbons (Fsp3) is 0.308. The number of aliphatic imine (C=N–C) groups is 1. The molecule has 1 fully saturated rings. The maximum Gasteiger partial charge on any atom is 0.165 e. The summed E-state index contributed by atoms with van der Waals surface area (Å²) in [6.45, 7) is 4.79. The lowest BCUT2D eigenvalue weighted by Gasteiger charge is -2.14. The van der Waals surface area contributed by atoms with Gasteiger partial charge in [-0.15, -0.1) is 21.8 Å². The molecular weight excluding hydrogens is 467 g/mol. The zero-order valence-electron chi connectivity index (χ0n) is 19.0. The summed E-state index contributed by atoms with van der Waals surface area (Å²) < 4.78 is 4.12. The first-order valence-corrected chi connectivity index (χ1v) is 12.3. The van der Waals surface area contributed by atoms with E-state index in [1.165, 1.54) is 0 Å². The number of fused-ring (bicyclic) bond motifs is 4. The lowest BCUT2D eigenvalue weighted by atomic mass is 9.96. The Labute approximate surface area is 208 Å². The highest BCUT2D eigenvalue weighted by Crippen LogP contribution is 2.51. The van der Waals surface area contributed by atoms with Crippen LogP contribution < -0.4 is 0 Å². The van der Waals surface area contributed by atoms with Crippen LogP contribution in [0.25, 0.3) is 16.8 Å². The van der Waals surface area contributed by atoms with Gasteiger partial charge in [0.1, 0.15) is 11.4 Å². The summed E-state index contributed by atoms with van der Waals surface area (Å²) in [5, 5.41) is 14.3. The minimum atomic E-state index is -0.321. The van der Waals surface area contributed by atoms with Gasteiger partial charge in [-0.05, 0) is 62.9 Å². The molecule has 172 valence electrons. The van der Waals surface area contributed by atoms with Gasteiger partial charge >= 0.3 is 0 Å². The Morgan fingerprint density at radius 3 is 2.53 bits per heavy atom. The van der Waals surface area contributed by atoms with Crippen LogP contribution in [0.5, 0.6) is 0 Å². The molecule has 1 unspecified atom stereocenters. The summed E-state index contributed by atoms with van der Waals surface area (Å²) >= 11 is 12.3. The molecule has 1 aliphatic carbocycles. The maximum absolute atomic E-state index is 6.20. The number of halogens is 2. The van der Waals surface area contributed by atoms with Gasteiger partial charge in [0, 0.05) is 39.8 Å². The summed E-state index contributed by atoms with van der Waals surface area (Å²) in [6, 6.07) is 14.4. The highest BCUT2D eigenvalue weighted by atomic mass is 35.5. The van der Waals surface area contributed by atoms with E-state index in [1.807, 2.05) is 49.0 Å². The Hall–Kier alpha value is -2.96. The number of nitrogens with zero attached hydrogens (tertiary/aromatic N) is 6. The number of alkyl halides is 1. The maximum atomic E-state index is 6.20. The van der Waals surface area contributed by atoms with Crippen molar-refractivity contribution in [1.29, 1.82) is 0 Å². The van der Waals surface area contributed by atoms with Crippen molar-refractivity contribution >= 4 is 28.9 Å². The monoisotopic (exact) mass is 490 g/mol. The molecule has 0 bridgehead atoms. The van der Waals surface area contributed by atoms with Gasteiger partial charge in [0.2, 0.25) is 0 Å². The zero-order valence-corrected chi connectivity index (χ0v) is 20.6. The van der Waals surface area contributed by atoms with Gasteiger partial charge in [0.05, 0.1) is 17.6 Å². The van der Waals surface area contributed by atoms with Gasteiger partial charge in [0.25, 0.3) is 0 Å². The molecule has 2 aromatic carbocycles. The molecule has 1 spiro atoms. The predicted octanol–water partition coefficient (Wildman–Crippen LogP) is 5.95. The van der Waals surface area contributed by atoms with E-state index < -0.39 is 0 Å². The molecule has 1 saturated carbocycles. The third kappa shape index (κ3) is 3.65. The van der Waals surface area contributed by atoms with Crippen LogP contribution in [0.3, 0.4) is 0 Å². The number of hydrogen-bond donors (Lipinski definition) is 0. The highest BCUT2D eigenvalue weighted by molar-refractivity contribution is 6.30. The average Bonchev–Trinajstić information content (AvgIpc) is 3.30. The fourth-order valence-electron chi connectivity index (χ4n) is 4.60. The second-order valence-electron chi connectivity index (χ2n) is 9.20. The summed E-state index contributed by atoms with van der Waals surface area (Å²) in [7, 11) is 0. The van der Waals surface area contributed by atoms with Crippen molar-refractivity contribution in [3.8, 4) is 16.8 Å². The standard InChI is InChI=1S/C26H24Cl2N6/c1-16(27)9-12-33-15-20(14-29-33)19-5-8-23-22(13-19)24(18-3-6-21(28)7-4-18)30-26(10-11-26)25-32-31-17(2)34(23)25/h3-8,13-16H,9-12H2,1-2H3. The van der Waals surface area contributed by atoms with Crippen LogP contribution in [0.2, 0.25) is 5.02 Å². The van der Waals surface area contributed by atoms with Crippen molar-refractivity contribution in [2.24, 2.45) is 4.99 Å². The Morgan fingerprint density at radius 1 is 1.03 bits per heavy atom. The van der Waals surface area contributed by atoms with Crippen molar-refractivity contribution in [1.82, 2.24) is 24.5 Å². The molecule has 2 aromatic heterocycles. The average molecular weight is 491 g/mol. The van der Waals surface area contributed by atoms with E-state index in [0.29, 0.717) is 5.02 Å². The van der Waals surface area contributed by atoms with E-state index in [2.05, 4.69) is 44.3 Å². The van der Waals surface area contributed by atoms with E-state index in [1.54, 1.807) is 0 Å². The smallest absolute Gasteiger partial charge is 0.165 e. The van der Waals surface area contributed by atoms with Crippen LogP contribution in [0, 0.1) is 6.92 Å². The second-order valence-corrected chi connectivity index (χ2v) is 10.4. The zero-order chi connectivity index (χ0) is 23.4. The molecule has 1 aliphatic heterocycles. The number of benzene rings is 2. The molecule has 2 aliphatic rings. The SMILES string of the molecule is Cc1nnc2n1-c1ccc(-c3cnn(CCC(C)Cl)c3)cc1C(c1ccc(Cl)cc1)=NC21CC1. The number of aromatic nitrogens is 5. The van der Waals surface area contributed by atoms with Crippen LogP contribution in [0.15, 0.2) is 59.9 Å². The van der Waals surface area contributed by atoms with Crippen LogP contribution >= 0.6 is 23.2 Å². The third-order valence-corrected chi connectivity index (χ3v) is 7.09. The molecule has 0 radical (unpaired) electrons. The van der Waals surface area contributed by atoms with E-state index in [9.17, 15) is 0 Å². The Balaban J connectivity index is 1.51. The fourth-order valence-corrected chi connectivity index (χ4v) is 4.83. The third-order valence-electron chi connectivity index (χ3n) is 6.62. The molecular formula is C26H24Cl2N6. The van der Waals surface area contributed by atoms with Gasteiger partial charge in [-0.1, -0.05) is 29.8 Å². The van der Waals surface area contributed by atoms with Crippen LogP contribution in [-0.2, 0) is 12.1 Å². The van der Waals surface area contributed by atoms with Crippen molar-refractivity contribution in [3.05, 3.63) is 82.7 Å². The van der Waals surface area contributed by atoms with Crippen molar-refractivity contribution < 1.29 is 0 Å². The molecule has 1 atom stereocenters. The first kappa shape index (κ1) is 21.6. The Morgan fingerprint density at radius 2 is 1.79 bits per heavy atom. The van der Waals surface area contributed by atoms with Crippen LogP contribution in [0.1, 0.15) is 49.0 Å². The molecule has 34 heavy (non-hydrogen) atoms. The quantitative estimate of drug-likeness (QED) is 0.324. The topological polar surface area (TPSA) is 60.9 Å². The van der Waals surface area contributed by atoms with E-state index >= 15 is 0 Å². The van der Waals surface area contributed by atoms with E-state index in [0.717, 1.165) is 71.1 Å². The van der Waals surface area contributed by atoms with Gasteiger partial charge in [-0.2, -0.15) is 5.10 Å². The van der Waals surface area contributed by atoms with Crippen molar-refractivity contribution in [3.63, 3.8) is 0 Å². The van der Waals surface area contributed by atoms with Crippen LogP contribution in [-0.4, -0.2) is 35.6 Å². The minimum Gasteiger partial charge on any atom is -0.280 e. The lowest BCUT2D eigenvalue weighted by molar-refractivity contribution is 0.575. The first-order valence-electron chi connectivity index (χ1n) is 11.5. The molecule has 0 N–H and O–H groups in total. The summed E-state index contributed by atoms with van der Waals surface area (Å²) in [6.07, 6.45) is 6.80. The van der Waals surface area contributed by atoms with E-state index in [4.69, 9.17) is 28.2 Å². The van der Waals surface area contributed by atoms with Crippen LogP contribution in [0.4, 0.5) is 0 Å². The molecule has 6 nitrogen and oxygen atoms in total. The Bertz CT molecular complexity index is 1410. The molecule has 0 saturated heterocycles. The normalized spacial score (nSPS) is 16.5. The minimum absolute atomic E-state index is 0.120. The molecule has 0 amide bonds. The largest absolute Gasteiger partial charge is 0.280 e. The van der Waals surface area contributed by atoms with Gasteiger partial charge in [-0.3, -0.25) is 14.2 Å². The molecule has 3 heterocycles. The van der Waals surface area contributed by atoms with Crippen molar-refractivity contribution in [2.45, 2.75) is 50.6 Å². The number of hydrogen-bond acceptors (Lipinski definition) is 4. The summed E-state index contributed by atoms with van der Waals surface area (Å²) in [5.41, 5.74) is 5.92. The predicted molar refractivity (Wildman–Crippen MR) is 135 cm³/mol. The van der Waals surface area contributed by atoms with Crippen molar-refractivity contribution in [2.75, 3.05) is 0 Å². The number of rotatable bonds is 5. The first-order chi connectivity index (χ1) is 16.4. The second kappa shape index (κ2) is 8.07. The van der Waals surface area contributed by atoms with E-state index in [-0.39, 0.29) is 10.9 Å². The highest BCUT2D eigenvalue weighted by Gasteiger charge is 2.51. The summed E-state index contributed by atoms with van der Waals surface area (Å²) in [4.78, 5) is 5.32. The Kier molecular flexibility index (Phi) is 5.12. The molecule has 8 heteroatoms. The number of aryl methyl sites for hydroxylation is 2. The lowest BCUT2D eigenvalue weighted by Crippen LogP contribution is -2.11. The van der Waals surface area contributed by atoms with Gasteiger partial charge < -0.3 is 0 Å². The van der Waals surface area contributed by atoms with Gasteiger partial charge in [-0.25, -0.2) is 0 Å². The van der Waals surface area contributed by atoms with Gasteiger partial charge in [0.15, 0.2) is 5.82 Å². The molecule has 6 rings (SSSR count). The molecule has 4 aromatic rings. The summed E-state index contributed by atoms with van der Waals surface area (Å²) in [5.74, 6) is 1.79.